The Morgan fingerprint density at radius 3 is 2.60 bits per heavy atom. The maximum absolute atomic E-state index is 10.8. The second-order valence-corrected chi connectivity index (χ2v) is 5.78. The van der Waals surface area contributed by atoms with Crippen LogP contribution in [0.1, 0.15) is 40.5 Å². The molecule has 0 spiro atoms. The summed E-state index contributed by atoms with van der Waals surface area (Å²) in [7, 11) is 0. The molecule has 1 aliphatic carbocycles. The molecule has 0 aromatic heterocycles. The van der Waals surface area contributed by atoms with E-state index >= 15 is 0 Å². The minimum absolute atomic E-state index is 0.0503. The van der Waals surface area contributed by atoms with Crippen LogP contribution in [0.4, 0.5) is 0 Å². The largest absolute Gasteiger partial charge is 0.466 e. The highest BCUT2D eigenvalue weighted by molar-refractivity contribution is 6.21. The van der Waals surface area contributed by atoms with Crippen LogP contribution in [0.5, 0.6) is 0 Å². The molecule has 3 heteroatoms. The third-order valence-electron chi connectivity index (χ3n) is 3.79. The standard InChI is InChI=1S/C12H21ClO2/c1-8-5-6-11(13)12(3,4)10(8)7-15-9(2)14/h8,10-11H,5-7H2,1-4H3. The molecule has 2 nitrogen and oxygen atoms in total. The van der Waals surface area contributed by atoms with Gasteiger partial charge in [-0.15, -0.1) is 11.6 Å². The van der Waals surface area contributed by atoms with Gasteiger partial charge in [0, 0.05) is 18.2 Å². The first-order valence-corrected chi connectivity index (χ1v) is 6.06. The molecule has 1 rings (SSSR count). The third-order valence-corrected chi connectivity index (χ3v) is 4.57. The molecule has 0 bridgehead atoms. The van der Waals surface area contributed by atoms with Crippen molar-refractivity contribution in [3.63, 3.8) is 0 Å². The summed E-state index contributed by atoms with van der Waals surface area (Å²) in [5, 5.41) is 0.189. The molecule has 0 aromatic rings. The third kappa shape index (κ3) is 2.87. The quantitative estimate of drug-likeness (QED) is 0.540. The lowest BCUT2D eigenvalue weighted by molar-refractivity contribution is -0.145. The Hall–Kier alpha value is -0.240. The van der Waals surface area contributed by atoms with Crippen molar-refractivity contribution < 1.29 is 9.53 Å². The average molecular weight is 233 g/mol. The van der Waals surface area contributed by atoms with E-state index in [0.29, 0.717) is 18.4 Å². The van der Waals surface area contributed by atoms with Crippen molar-refractivity contribution in [3.05, 3.63) is 0 Å². The Labute approximate surface area is 97.3 Å². The first-order chi connectivity index (χ1) is 6.85. The lowest BCUT2D eigenvalue weighted by atomic mass is 9.64. The van der Waals surface area contributed by atoms with Crippen molar-refractivity contribution in [2.45, 2.75) is 45.9 Å². The molecule has 0 radical (unpaired) electrons. The van der Waals surface area contributed by atoms with Gasteiger partial charge in [0.2, 0.25) is 0 Å². The van der Waals surface area contributed by atoms with E-state index in [1.54, 1.807) is 0 Å². The van der Waals surface area contributed by atoms with Crippen molar-refractivity contribution in [2.24, 2.45) is 17.3 Å². The van der Waals surface area contributed by atoms with E-state index in [1.165, 1.54) is 6.92 Å². The molecule has 0 amide bonds. The zero-order chi connectivity index (χ0) is 11.6. The highest BCUT2D eigenvalue weighted by Crippen LogP contribution is 2.46. The Kier molecular flexibility index (Phi) is 4.05. The highest BCUT2D eigenvalue weighted by atomic mass is 35.5. The lowest BCUT2D eigenvalue weighted by Gasteiger charge is -2.45. The predicted molar refractivity (Wildman–Crippen MR) is 61.9 cm³/mol. The Balaban J connectivity index is 2.67. The van der Waals surface area contributed by atoms with E-state index in [2.05, 4.69) is 20.8 Å². The molecular formula is C12H21ClO2. The molecular weight excluding hydrogens is 212 g/mol. The fraction of sp³-hybridized carbons (Fsp3) is 0.917. The molecule has 0 heterocycles. The molecule has 3 atom stereocenters. The molecule has 0 N–H and O–H groups in total. The number of hydrogen-bond donors (Lipinski definition) is 0. The molecule has 3 unspecified atom stereocenters. The minimum Gasteiger partial charge on any atom is -0.466 e. The van der Waals surface area contributed by atoms with Crippen LogP contribution in [-0.4, -0.2) is 18.0 Å². The molecule has 15 heavy (non-hydrogen) atoms. The number of esters is 1. The summed E-state index contributed by atoms with van der Waals surface area (Å²) in [5.41, 5.74) is 0.0503. The molecule has 1 saturated carbocycles. The van der Waals surface area contributed by atoms with E-state index in [-0.39, 0.29) is 16.8 Å². The van der Waals surface area contributed by atoms with Crippen LogP contribution >= 0.6 is 11.6 Å². The van der Waals surface area contributed by atoms with Crippen molar-refractivity contribution in [1.82, 2.24) is 0 Å². The average Bonchev–Trinajstić information content (AvgIpc) is 2.11. The molecule has 1 aliphatic rings. The summed E-state index contributed by atoms with van der Waals surface area (Å²) in [6.45, 7) is 8.53. The fourth-order valence-electron chi connectivity index (χ4n) is 2.53. The highest BCUT2D eigenvalue weighted by Gasteiger charge is 2.43. The number of alkyl halides is 1. The molecule has 1 fully saturated rings. The van der Waals surface area contributed by atoms with Gasteiger partial charge in [0.25, 0.3) is 0 Å². The van der Waals surface area contributed by atoms with E-state index in [4.69, 9.17) is 16.3 Å². The van der Waals surface area contributed by atoms with Crippen LogP contribution in [0, 0.1) is 17.3 Å². The summed E-state index contributed by atoms with van der Waals surface area (Å²) in [4.78, 5) is 10.8. The first kappa shape index (κ1) is 12.8. The number of carbonyl (C=O) groups is 1. The smallest absolute Gasteiger partial charge is 0.302 e. The normalized spacial score (nSPS) is 34.9. The number of rotatable bonds is 2. The summed E-state index contributed by atoms with van der Waals surface area (Å²) in [5.74, 6) is 0.752. The number of hydrogen-bond acceptors (Lipinski definition) is 2. The zero-order valence-electron chi connectivity index (χ0n) is 10.0. The topological polar surface area (TPSA) is 26.3 Å². The predicted octanol–water partition coefficient (Wildman–Crippen LogP) is 3.23. The number of ether oxygens (including phenoxy) is 1. The van der Waals surface area contributed by atoms with Gasteiger partial charge in [0.1, 0.15) is 0 Å². The summed E-state index contributed by atoms with van der Waals surface area (Å²) in [6, 6.07) is 0. The lowest BCUT2D eigenvalue weighted by Crippen LogP contribution is -2.44. The monoisotopic (exact) mass is 232 g/mol. The van der Waals surface area contributed by atoms with Gasteiger partial charge in [-0.2, -0.15) is 0 Å². The van der Waals surface area contributed by atoms with Gasteiger partial charge < -0.3 is 4.74 Å². The van der Waals surface area contributed by atoms with E-state index in [1.807, 2.05) is 0 Å². The van der Waals surface area contributed by atoms with Crippen LogP contribution in [0.2, 0.25) is 0 Å². The second-order valence-electron chi connectivity index (χ2n) is 5.25. The van der Waals surface area contributed by atoms with Crippen LogP contribution in [0.25, 0.3) is 0 Å². The molecule has 0 aromatic carbocycles. The van der Waals surface area contributed by atoms with Crippen molar-refractivity contribution in [1.29, 1.82) is 0 Å². The van der Waals surface area contributed by atoms with Crippen LogP contribution < -0.4 is 0 Å². The maximum atomic E-state index is 10.8. The number of halogens is 1. The van der Waals surface area contributed by atoms with Gasteiger partial charge in [-0.05, 0) is 24.2 Å². The fourth-order valence-corrected chi connectivity index (χ4v) is 2.82. The van der Waals surface area contributed by atoms with Gasteiger partial charge in [-0.25, -0.2) is 0 Å². The molecule has 0 saturated heterocycles. The summed E-state index contributed by atoms with van der Waals surface area (Å²) in [6.07, 6.45) is 2.19. The zero-order valence-corrected chi connectivity index (χ0v) is 10.8. The van der Waals surface area contributed by atoms with E-state index in [0.717, 1.165) is 12.8 Å². The van der Waals surface area contributed by atoms with Gasteiger partial charge in [-0.1, -0.05) is 20.8 Å². The van der Waals surface area contributed by atoms with Gasteiger partial charge >= 0.3 is 5.97 Å². The van der Waals surface area contributed by atoms with E-state index in [9.17, 15) is 4.79 Å². The molecule has 0 aliphatic heterocycles. The van der Waals surface area contributed by atoms with Gasteiger partial charge in [-0.3, -0.25) is 4.79 Å². The van der Waals surface area contributed by atoms with Gasteiger partial charge in [0.05, 0.1) is 6.61 Å². The first-order valence-electron chi connectivity index (χ1n) is 5.63. The molecule has 88 valence electrons. The Morgan fingerprint density at radius 2 is 2.07 bits per heavy atom. The Bertz CT molecular complexity index is 238. The van der Waals surface area contributed by atoms with E-state index < -0.39 is 0 Å². The summed E-state index contributed by atoms with van der Waals surface area (Å²) >= 11 is 6.34. The second kappa shape index (κ2) is 4.73. The summed E-state index contributed by atoms with van der Waals surface area (Å²) < 4.78 is 5.14. The van der Waals surface area contributed by atoms with Crippen molar-refractivity contribution >= 4 is 17.6 Å². The minimum atomic E-state index is -0.199. The van der Waals surface area contributed by atoms with Crippen molar-refractivity contribution in [3.8, 4) is 0 Å². The SMILES string of the molecule is CC(=O)OCC1C(C)CCC(Cl)C1(C)C. The number of carbonyl (C=O) groups excluding carboxylic acids is 1. The Morgan fingerprint density at radius 1 is 1.47 bits per heavy atom. The van der Waals surface area contributed by atoms with Gasteiger partial charge in [0.15, 0.2) is 0 Å². The maximum Gasteiger partial charge on any atom is 0.302 e. The van der Waals surface area contributed by atoms with Crippen LogP contribution in [0.15, 0.2) is 0 Å². The van der Waals surface area contributed by atoms with Crippen LogP contribution in [0.3, 0.4) is 0 Å². The van der Waals surface area contributed by atoms with Crippen LogP contribution in [-0.2, 0) is 9.53 Å². The van der Waals surface area contributed by atoms with Crippen molar-refractivity contribution in [2.75, 3.05) is 6.61 Å².